The SMILES string of the molecule is Nc1nnnc2c1ncn2[C@@H]1O[C@](CO)(OP(=O)(O)O)[C@@H]1CO. The van der Waals surface area contributed by atoms with Crippen molar-refractivity contribution in [1.82, 2.24) is 25.0 Å². The second kappa shape index (κ2) is 5.42. The lowest BCUT2D eigenvalue weighted by molar-refractivity contribution is -0.394. The molecule has 0 unspecified atom stereocenters. The smallest absolute Gasteiger partial charge is 0.396 e. The molecule has 0 aliphatic carbocycles. The number of phosphoric acid groups is 1. The van der Waals surface area contributed by atoms with E-state index in [4.69, 9.17) is 20.3 Å². The van der Waals surface area contributed by atoms with Crippen LogP contribution in [0.4, 0.5) is 5.82 Å². The van der Waals surface area contributed by atoms with E-state index in [0.717, 1.165) is 0 Å². The van der Waals surface area contributed by atoms with Crippen molar-refractivity contribution in [2.75, 3.05) is 18.9 Å². The molecule has 23 heavy (non-hydrogen) atoms. The van der Waals surface area contributed by atoms with Gasteiger partial charge in [-0.25, -0.2) is 9.55 Å². The number of aliphatic hydroxyl groups excluding tert-OH is 2. The fraction of sp³-hybridized carbons (Fsp3) is 0.556. The van der Waals surface area contributed by atoms with Crippen LogP contribution in [0, 0.1) is 5.92 Å². The van der Waals surface area contributed by atoms with Gasteiger partial charge in [-0.15, -0.1) is 10.2 Å². The van der Waals surface area contributed by atoms with E-state index >= 15 is 0 Å². The van der Waals surface area contributed by atoms with Crippen molar-refractivity contribution in [3.8, 4) is 0 Å². The largest absolute Gasteiger partial charge is 0.472 e. The van der Waals surface area contributed by atoms with Gasteiger partial charge in [-0.2, -0.15) is 0 Å². The fourth-order valence-electron chi connectivity index (χ4n) is 2.45. The van der Waals surface area contributed by atoms with Crippen LogP contribution in [0.15, 0.2) is 6.33 Å². The second-order valence-corrected chi connectivity index (χ2v) is 6.01. The van der Waals surface area contributed by atoms with Crippen molar-refractivity contribution in [1.29, 1.82) is 0 Å². The second-order valence-electron chi connectivity index (χ2n) is 4.85. The van der Waals surface area contributed by atoms with Gasteiger partial charge in [-0.3, -0.25) is 9.09 Å². The van der Waals surface area contributed by atoms with E-state index < -0.39 is 39.0 Å². The van der Waals surface area contributed by atoms with Crippen LogP contribution < -0.4 is 5.73 Å². The Morgan fingerprint density at radius 3 is 2.78 bits per heavy atom. The van der Waals surface area contributed by atoms with Crippen LogP contribution in [-0.4, -0.2) is 64.0 Å². The number of nitrogens with two attached hydrogens (primary N) is 1. The Balaban J connectivity index is 1.96. The number of nitrogens with zero attached hydrogens (tertiary/aromatic N) is 5. The summed E-state index contributed by atoms with van der Waals surface area (Å²) in [5.74, 6) is -3.00. The Morgan fingerprint density at radius 2 is 2.17 bits per heavy atom. The first kappa shape index (κ1) is 16.1. The molecule has 3 atom stereocenters. The molecule has 0 amide bonds. The van der Waals surface area contributed by atoms with Gasteiger partial charge in [-0.05, 0) is 5.21 Å². The van der Waals surface area contributed by atoms with Gasteiger partial charge in [0.05, 0.1) is 25.5 Å². The summed E-state index contributed by atoms with van der Waals surface area (Å²) in [6.07, 6.45) is 0.350. The summed E-state index contributed by atoms with van der Waals surface area (Å²) >= 11 is 0. The Kier molecular flexibility index (Phi) is 3.80. The lowest BCUT2D eigenvalue weighted by Crippen LogP contribution is -2.62. The number of aromatic nitrogens is 5. The zero-order valence-corrected chi connectivity index (χ0v) is 12.3. The van der Waals surface area contributed by atoms with Crippen molar-refractivity contribution in [3.05, 3.63) is 6.33 Å². The normalized spacial score (nSPS) is 28.0. The number of rotatable bonds is 5. The molecule has 126 valence electrons. The van der Waals surface area contributed by atoms with E-state index in [9.17, 15) is 14.8 Å². The molecule has 1 fully saturated rings. The molecule has 1 aliphatic rings. The zero-order valence-electron chi connectivity index (χ0n) is 11.4. The Bertz CT molecular complexity index is 779. The van der Waals surface area contributed by atoms with Crippen molar-refractivity contribution >= 4 is 24.8 Å². The number of hydrogen-bond acceptors (Lipinski definition) is 10. The number of phosphoric ester groups is 1. The minimum absolute atomic E-state index is 0.0357. The zero-order chi connectivity index (χ0) is 16.8. The standard InChI is InChI=1S/C9H13N6O7P/c10-6-5-7(13-14-12-6)15(3-11-5)8-4(1-16)9(2-17,21-8)22-23(18,19)20/h3-4,8,16-17H,1-2H2,(H2,10,12,13)(H2,18,19,20)/t4-,8-,9-/m1/s1. The van der Waals surface area contributed by atoms with Crippen LogP contribution >= 0.6 is 7.82 Å². The molecule has 3 rings (SSSR count). The molecule has 0 bridgehead atoms. The molecular formula is C9H13N6O7P. The molecule has 0 radical (unpaired) electrons. The van der Waals surface area contributed by atoms with E-state index in [2.05, 4.69) is 24.9 Å². The lowest BCUT2D eigenvalue weighted by Gasteiger charge is -2.51. The number of aliphatic hydroxyl groups is 2. The van der Waals surface area contributed by atoms with Crippen LogP contribution in [0.2, 0.25) is 0 Å². The Labute approximate surface area is 127 Å². The minimum Gasteiger partial charge on any atom is -0.396 e. The first-order valence-electron chi connectivity index (χ1n) is 6.28. The minimum atomic E-state index is -4.96. The van der Waals surface area contributed by atoms with Crippen molar-refractivity contribution < 1.29 is 33.8 Å². The highest BCUT2D eigenvalue weighted by molar-refractivity contribution is 7.46. The predicted molar refractivity (Wildman–Crippen MR) is 71.2 cm³/mol. The molecule has 14 heteroatoms. The average Bonchev–Trinajstić information content (AvgIpc) is 2.87. The number of anilines is 1. The third kappa shape index (κ3) is 2.57. The van der Waals surface area contributed by atoms with Crippen LogP contribution in [0.3, 0.4) is 0 Å². The van der Waals surface area contributed by atoms with Crippen LogP contribution in [0.25, 0.3) is 11.2 Å². The molecule has 13 nitrogen and oxygen atoms in total. The molecular weight excluding hydrogens is 335 g/mol. The average molecular weight is 348 g/mol. The van der Waals surface area contributed by atoms with E-state index in [-0.39, 0.29) is 17.0 Å². The predicted octanol–water partition coefficient (Wildman–Crippen LogP) is -2.26. The first-order chi connectivity index (χ1) is 10.8. The third-order valence-electron chi connectivity index (χ3n) is 3.50. The van der Waals surface area contributed by atoms with E-state index in [1.807, 2.05) is 0 Å². The summed E-state index contributed by atoms with van der Waals surface area (Å²) in [6, 6.07) is 0. The molecule has 2 aromatic rings. The van der Waals surface area contributed by atoms with Crippen molar-refractivity contribution in [3.63, 3.8) is 0 Å². The number of hydrogen-bond donors (Lipinski definition) is 5. The Hall–Kier alpha value is -1.73. The lowest BCUT2D eigenvalue weighted by atomic mass is 9.91. The van der Waals surface area contributed by atoms with Crippen molar-refractivity contribution in [2.24, 2.45) is 5.92 Å². The summed E-state index contributed by atoms with van der Waals surface area (Å²) in [5.41, 5.74) is 6.06. The maximum absolute atomic E-state index is 11.0. The topological polar surface area (TPSA) is 199 Å². The van der Waals surface area contributed by atoms with Crippen LogP contribution in [0.1, 0.15) is 6.23 Å². The molecule has 2 aromatic heterocycles. The van der Waals surface area contributed by atoms with Crippen LogP contribution in [0.5, 0.6) is 0 Å². The third-order valence-corrected chi connectivity index (χ3v) is 4.04. The van der Waals surface area contributed by atoms with Crippen molar-refractivity contribution in [2.45, 2.75) is 12.0 Å². The van der Waals surface area contributed by atoms with Gasteiger partial charge < -0.3 is 30.5 Å². The summed E-state index contributed by atoms with van der Waals surface area (Å²) in [4.78, 5) is 21.9. The Morgan fingerprint density at radius 1 is 1.43 bits per heavy atom. The quantitative estimate of drug-likeness (QED) is 0.364. The molecule has 0 aromatic carbocycles. The molecule has 1 saturated heterocycles. The van der Waals surface area contributed by atoms with Gasteiger partial charge in [0.15, 0.2) is 23.2 Å². The highest BCUT2D eigenvalue weighted by Gasteiger charge is 2.60. The number of imidazole rings is 1. The van der Waals surface area contributed by atoms with Gasteiger partial charge >= 0.3 is 7.82 Å². The molecule has 0 spiro atoms. The van der Waals surface area contributed by atoms with Gasteiger partial charge in [0.1, 0.15) is 0 Å². The summed E-state index contributed by atoms with van der Waals surface area (Å²) in [7, 11) is -4.96. The van der Waals surface area contributed by atoms with E-state index in [1.165, 1.54) is 10.9 Å². The maximum Gasteiger partial charge on any atom is 0.472 e. The fourth-order valence-corrected chi connectivity index (χ4v) is 3.09. The van der Waals surface area contributed by atoms with Gasteiger partial charge in [-0.1, -0.05) is 0 Å². The van der Waals surface area contributed by atoms with Gasteiger partial charge in [0.2, 0.25) is 5.79 Å². The number of ether oxygens (including phenoxy) is 1. The highest BCUT2D eigenvalue weighted by Crippen LogP contribution is 2.54. The van der Waals surface area contributed by atoms with Gasteiger partial charge in [0.25, 0.3) is 0 Å². The molecule has 6 N–H and O–H groups in total. The summed E-state index contributed by atoms with van der Waals surface area (Å²) in [5, 5.41) is 29.6. The number of fused-ring (bicyclic) bond motifs is 1. The molecule has 3 heterocycles. The van der Waals surface area contributed by atoms with E-state index in [1.54, 1.807) is 0 Å². The first-order valence-corrected chi connectivity index (χ1v) is 7.81. The van der Waals surface area contributed by atoms with Crippen LogP contribution in [-0.2, 0) is 13.8 Å². The number of nitrogen functional groups attached to an aromatic ring is 1. The summed E-state index contributed by atoms with van der Waals surface area (Å²) < 4.78 is 22.2. The highest BCUT2D eigenvalue weighted by atomic mass is 31.2. The summed E-state index contributed by atoms with van der Waals surface area (Å²) in [6.45, 7) is -1.46. The van der Waals surface area contributed by atoms with E-state index in [0.29, 0.717) is 0 Å². The molecule has 0 saturated carbocycles. The maximum atomic E-state index is 11.0. The van der Waals surface area contributed by atoms with Gasteiger partial charge in [0, 0.05) is 0 Å². The molecule has 1 aliphatic heterocycles. The monoisotopic (exact) mass is 348 g/mol.